The maximum atomic E-state index is 11.0. The Bertz CT molecular complexity index is 578. The lowest BCUT2D eigenvalue weighted by Crippen LogP contribution is -2.09. The second kappa shape index (κ2) is 4.87. The van der Waals surface area contributed by atoms with Gasteiger partial charge in [0, 0.05) is 18.8 Å². The Balaban J connectivity index is 2.15. The molecule has 0 fully saturated rings. The van der Waals surface area contributed by atoms with Crippen LogP contribution in [0, 0.1) is 6.92 Å². The average molecular weight is 247 g/mol. The molecule has 0 saturated carbocycles. The number of nitrogens with zero attached hydrogens (tertiary/aromatic N) is 3. The van der Waals surface area contributed by atoms with E-state index in [1.54, 1.807) is 13.1 Å². The molecule has 0 aromatic carbocycles. The Labute approximate surface area is 104 Å². The molecule has 0 amide bonds. The van der Waals surface area contributed by atoms with E-state index in [0.717, 1.165) is 5.69 Å². The van der Waals surface area contributed by atoms with Gasteiger partial charge in [-0.05, 0) is 13.0 Å². The Hall–Kier alpha value is -2.37. The second-order valence-electron chi connectivity index (χ2n) is 3.84. The van der Waals surface area contributed by atoms with E-state index < -0.39 is 5.97 Å². The standard InChI is InChI=1S/C12H13N3O3/c1-8-4-3-5-11(14-8)18-7-10-9(12(16)17)6-13-15(10)2/h3-6H,7H2,1-2H3,(H,16,17). The molecule has 0 aliphatic rings. The second-order valence-corrected chi connectivity index (χ2v) is 3.84. The molecular formula is C12H13N3O3. The minimum absolute atomic E-state index is 0.120. The van der Waals surface area contributed by atoms with Gasteiger partial charge < -0.3 is 9.84 Å². The normalized spacial score (nSPS) is 10.3. The molecule has 0 radical (unpaired) electrons. The largest absolute Gasteiger partial charge is 0.478 e. The van der Waals surface area contributed by atoms with Gasteiger partial charge in [0.1, 0.15) is 12.2 Å². The van der Waals surface area contributed by atoms with E-state index in [9.17, 15) is 4.79 Å². The molecule has 0 saturated heterocycles. The first kappa shape index (κ1) is 12.1. The van der Waals surface area contributed by atoms with Crippen molar-refractivity contribution < 1.29 is 14.6 Å². The van der Waals surface area contributed by atoms with Gasteiger partial charge in [0.2, 0.25) is 5.88 Å². The van der Waals surface area contributed by atoms with Crippen LogP contribution in [0.3, 0.4) is 0 Å². The fraction of sp³-hybridized carbons (Fsp3) is 0.250. The Morgan fingerprint density at radius 3 is 2.94 bits per heavy atom. The van der Waals surface area contributed by atoms with Crippen molar-refractivity contribution in [2.75, 3.05) is 0 Å². The van der Waals surface area contributed by atoms with Crippen molar-refractivity contribution in [1.29, 1.82) is 0 Å². The van der Waals surface area contributed by atoms with Gasteiger partial charge >= 0.3 is 5.97 Å². The Morgan fingerprint density at radius 2 is 2.28 bits per heavy atom. The van der Waals surface area contributed by atoms with Gasteiger partial charge in [0.15, 0.2) is 0 Å². The van der Waals surface area contributed by atoms with Crippen LogP contribution in [-0.4, -0.2) is 25.8 Å². The molecule has 6 nitrogen and oxygen atoms in total. The first-order chi connectivity index (χ1) is 8.58. The maximum absolute atomic E-state index is 11.0. The smallest absolute Gasteiger partial charge is 0.339 e. The lowest BCUT2D eigenvalue weighted by Gasteiger charge is -2.07. The quantitative estimate of drug-likeness (QED) is 0.883. The minimum Gasteiger partial charge on any atom is -0.478 e. The number of aryl methyl sites for hydroxylation is 2. The molecule has 0 unspecified atom stereocenters. The van der Waals surface area contributed by atoms with E-state index in [0.29, 0.717) is 11.6 Å². The fourth-order valence-corrected chi connectivity index (χ4v) is 1.55. The van der Waals surface area contributed by atoms with Crippen molar-refractivity contribution in [2.24, 2.45) is 7.05 Å². The molecule has 2 aromatic heterocycles. The van der Waals surface area contributed by atoms with E-state index in [1.807, 2.05) is 19.1 Å². The SMILES string of the molecule is Cc1cccc(OCc2c(C(=O)O)cnn2C)n1. The van der Waals surface area contributed by atoms with Crippen LogP contribution in [-0.2, 0) is 13.7 Å². The summed E-state index contributed by atoms with van der Waals surface area (Å²) in [7, 11) is 1.68. The molecule has 0 aliphatic heterocycles. The molecule has 2 aromatic rings. The Morgan fingerprint density at radius 1 is 1.50 bits per heavy atom. The summed E-state index contributed by atoms with van der Waals surface area (Å²) in [6.07, 6.45) is 1.31. The van der Waals surface area contributed by atoms with E-state index in [2.05, 4.69) is 10.1 Å². The number of aromatic nitrogens is 3. The van der Waals surface area contributed by atoms with Gasteiger partial charge in [-0.15, -0.1) is 0 Å². The van der Waals surface area contributed by atoms with Crippen molar-refractivity contribution >= 4 is 5.97 Å². The van der Waals surface area contributed by atoms with Crippen molar-refractivity contribution in [3.05, 3.63) is 41.3 Å². The summed E-state index contributed by atoms with van der Waals surface area (Å²) in [6.45, 7) is 1.98. The first-order valence-electron chi connectivity index (χ1n) is 5.38. The number of ether oxygens (including phenoxy) is 1. The van der Waals surface area contributed by atoms with Crippen molar-refractivity contribution in [1.82, 2.24) is 14.8 Å². The predicted octanol–water partition coefficient (Wildman–Crippen LogP) is 1.40. The van der Waals surface area contributed by atoms with E-state index in [-0.39, 0.29) is 12.2 Å². The van der Waals surface area contributed by atoms with Crippen LogP contribution < -0.4 is 4.74 Å². The molecule has 2 rings (SSSR count). The van der Waals surface area contributed by atoms with Gasteiger partial charge in [0.25, 0.3) is 0 Å². The highest BCUT2D eigenvalue weighted by atomic mass is 16.5. The molecule has 1 N–H and O–H groups in total. The van der Waals surface area contributed by atoms with Gasteiger partial charge in [0.05, 0.1) is 11.9 Å². The van der Waals surface area contributed by atoms with E-state index >= 15 is 0 Å². The number of rotatable bonds is 4. The predicted molar refractivity (Wildman–Crippen MR) is 63.5 cm³/mol. The number of carbonyl (C=O) groups is 1. The monoisotopic (exact) mass is 247 g/mol. The summed E-state index contributed by atoms with van der Waals surface area (Å²) in [6, 6.07) is 5.42. The summed E-state index contributed by atoms with van der Waals surface area (Å²) in [5, 5.41) is 12.9. The summed E-state index contributed by atoms with van der Waals surface area (Å²) < 4.78 is 6.95. The molecule has 94 valence electrons. The number of hydrogen-bond donors (Lipinski definition) is 1. The number of carboxylic acid groups (broad SMARTS) is 1. The zero-order valence-electron chi connectivity index (χ0n) is 10.1. The fourth-order valence-electron chi connectivity index (χ4n) is 1.55. The third-order valence-electron chi connectivity index (χ3n) is 2.51. The number of pyridine rings is 1. The molecular weight excluding hydrogens is 234 g/mol. The topological polar surface area (TPSA) is 77.2 Å². The summed E-state index contributed by atoms with van der Waals surface area (Å²) in [4.78, 5) is 15.2. The summed E-state index contributed by atoms with van der Waals surface area (Å²) in [5.41, 5.74) is 1.49. The average Bonchev–Trinajstić information content (AvgIpc) is 2.68. The van der Waals surface area contributed by atoms with Crippen molar-refractivity contribution in [3.8, 4) is 5.88 Å². The first-order valence-corrected chi connectivity index (χ1v) is 5.38. The number of aromatic carboxylic acids is 1. The van der Waals surface area contributed by atoms with Crippen LogP contribution in [0.25, 0.3) is 0 Å². The summed E-state index contributed by atoms with van der Waals surface area (Å²) >= 11 is 0. The zero-order chi connectivity index (χ0) is 13.1. The van der Waals surface area contributed by atoms with Crippen molar-refractivity contribution in [2.45, 2.75) is 13.5 Å². The number of hydrogen-bond acceptors (Lipinski definition) is 4. The zero-order valence-corrected chi connectivity index (χ0v) is 10.1. The van der Waals surface area contributed by atoms with Gasteiger partial charge in [-0.1, -0.05) is 6.07 Å². The lowest BCUT2D eigenvalue weighted by molar-refractivity contribution is 0.0693. The van der Waals surface area contributed by atoms with Gasteiger partial charge in [-0.2, -0.15) is 5.10 Å². The van der Waals surface area contributed by atoms with Crippen LogP contribution >= 0.6 is 0 Å². The third kappa shape index (κ3) is 2.48. The number of carboxylic acids is 1. The molecule has 0 atom stereocenters. The van der Waals surface area contributed by atoms with E-state index in [4.69, 9.17) is 9.84 Å². The Kier molecular flexibility index (Phi) is 3.27. The highest BCUT2D eigenvalue weighted by Gasteiger charge is 2.15. The molecule has 0 aliphatic carbocycles. The molecule has 0 bridgehead atoms. The van der Waals surface area contributed by atoms with Crippen LogP contribution in [0.5, 0.6) is 5.88 Å². The van der Waals surface area contributed by atoms with E-state index in [1.165, 1.54) is 10.9 Å². The molecule has 6 heteroatoms. The molecule has 2 heterocycles. The highest BCUT2D eigenvalue weighted by Crippen LogP contribution is 2.13. The van der Waals surface area contributed by atoms with Crippen molar-refractivity contribution in [3.63, 3.8) is 0 Å². The van der Waals surface area contributed by atoms with Crippen LogP contribution in [0.4, 0.5) is 0 Å². The molecule has 18 heavy (non-hydrogen) atoms. The highest BCUT2D eigenvalue weighted by molar-refractivity contribution is 5.88. The molecule has 0 spiro atoms. The van der Waals surface area contributed by atoms with Crippen LogP contribution in [0.2, 0.25) is 0 Å². The van der Waals surface area contributed by atoms with Crippen LogP contribution in [0.1, 0.15) is 21.7 Å². The summed E-state index contributed by atoms with van der Waals surface area (Å²) in [5.74, 6) is -0.550. The third-order valence-corrected chi connectivity index (χ3v) is 2.51. The lowest BCUT2D eigenvalue weighted by atomic mass is 10.2. The van der Waals surface area contributed by atoms with Crippen LogP contribution in [0.15, 0.2) is 24.4 Å². The maximum Gasteiger partial charge on any atom is 0.339 e. The van der Waals surface area contributed by atoms with Gasteiger partial charge in [-0.25, -0.2) is 9.78 Å². The minimum atomic E-state index is -1.01. The van der Waals surface area contributed by atoms with Gasteiger partial charge in [-0.3, -0.25) is 4.68 Å².